The van der Waals surface area contributed by atoms with Gasteiger partial charge in [0.15, 0.2) is 21.3 Å². The van der Waals surface area contributed by atoms with E-state index < -0.39 is 9.84 Å². The SMILES string of the molecule is CCCCCCCCS(=O)(=O)C(C)Cc1ccc2c(c1)OCO2. The largest absolute Gasteiger partial charge is 0.454 e. The molecular weight excluding hydrogens is 312 g/mol. The lowest BCUT2D eigenvalue weighted by atomic mass is 10.1. The molecule has 1 aliphatic heterocycles. The minimum absolute atomic E-state index is 0.241. The quantitative estimate of drug-likeness (QED) is 0.601. The second kappa shape index (κ2) is 8.57. The predicted molar refractivity (Wildman–Crippen MR) is 92.9 cm³/mol. The van der Waals surface area contributed by atoms with Crippen LogP contribution in [0.4, 0.5) is 0 Å². The first-order valence-electron chi connectivity index (χ1n) is 8.63. The zero-order valence-corrected chi connectivity index (χ0v) is 15.0. The van der Waals surface area contributed by atoms with Crippen LogP contribution in [-0.4, -0.2) is 26.2 Å². The molecule has 0 fully saturated rings. The van der Waals surface area contributed by atoms with Gasteiger partial charge in [0.1, 0.15) is 0 Å². The van der Waals surface area contributed by atoms with Crippen molar-refractivity contribution in [2.24, 2.45) is 0 Å². The number of rotatable bonds is 10. The van der Waals surface area contributed by atoms with Gasteiger partial charge in [-0.1, -0.05) is 45.1 Å². The molecule has 0 spiro atoms. The lowest BCUT2D eigenvalue weighted by Crippen LogP contribution is -2.23. The molecule has 1 heterocycles. The molecule has 0 radical (unpaired) electrons. The van der Waals surface area contributed by atoms with E-state index in [1.54, 1.807) is 6.92 Å². The summed E-state index contributed by atoms with van der Waals surface area (Å²) in [4.78, 5) is 0. The molecule has 1 aromatic rings. The summed E-state index contributed by atoms with van der Waals surface area (Å²) in [7, 11) is -3.04. The van der Waals surface area contributed by atoms with Gasteiger partial charge in [0.25, 0.3) is 0 Å². The van der Waals surface area contributed by atoms with Crippen LogP contribution >= 0.6 is 0 Å². The van der Waals surface area contributed by atoms with Gasteiger partial charge in [0, 0.05) is 0 Å². The van der Waals surface area contributed by atoms with Crippen molar-refractivity contribution in [2.75, 3.05) is 12.5 Å². The van der Waals surface area contributed by atoms with E-state index in [9.17, 15) is 8.42 Å². The number of unbranched alkanes of at least 4 members (excludes halogenated alkanes) is 5. The second-order valence-corrected chi connectivity index (χ2v) is 8.88. The Morgan fingerprint density at radius 3 is 2.52 bits per heavy atom. The van der Waals surface area contributed by atoms with Gasteiger partial charge >= 0.3 is 0 Å². The molecule has 4 nitrogen and oxygen atoms in total. The maximum Gasteiger partial charge on any atom is 0.231 e. The van der Waals surface area contributed by atoms with Crippen molar-refractivity contribution in [1.82, 2.24) is 0 Å². The summed E-state index contributed by atoms with van der Waals surface area (Å²) in [5, 5.41) is -0.362. The molecule has 0 saturated heterocycles. The van der Waals surface area contributed by atoms with Crippen LogP contribution in [0.5, 0.6) is 11.5 Å². The molecule has 0 saturated carbocycles. The average Bonchev–Trinajstić information content (AvgIpc) is 2.98. The fourth-order valence-electron chi connectivity index (χ4n) is 2.81. The first-order chi connectivity index (χ1) is 11.0. The third-order valence-electron chi connectivity index (χ3n) is 4.36. The molecule has 1 aliphatic rings. The number of hydrogen-bond acceptors (Lipinski definition) is 4. The monoisotopic (exact) mass is 340 g/mol. The molecule has 1 atom stereocenters. The number of ether oxygens (including phenoxy) is 2. The molecule has 1 aromatic carbocycles. The van der Waals surface area contributed by atoms with E-state index in [0.717, 1.165) is 30.6 Å². The highest BCUT2D eigenvalue weighted by Crippen LogP contribution is 2.33. The summed E-state index contributed by atoms with van der Waals surface area (Å²) in [6.45, 7) is 4.23. The highest BCUT2D eigenvalue weighted by Gasteiger charge is 2.22. The lowest BCUT2D eigenvalue weighted by molar-refractivity contribution is 0.174. The molecule has 0 amide bonds. The Balaban J connectivity index is 1.80. The van der Waals surface area contributed by atoms with E-state index in [0.29, 0.717) is 17.9 Å². The van der Waals surface area contributed by atoms with E-state index in [-0.39, 0.29) is 12.0 Å². The molecule has 5 heteroatoms. The van der Waals surface area contributed by atoms with E-state index >= 15 is 0 Å². The van der Waals surface area contributed by atoms with Crippen LogP contribution < -0.4 is 9.47 Å². The Kier molecular flexibility index (Phi) is 6.75. The van der Waals surface area contributed by atoms with Gasteiger partial charge in [-0.2, -0.15) is 0 Å². The fraction of sp³-hybridized carbons (Fsp3) is 0.667. The highest BCUT2D eigenvalue weighted by atomic mass is 32.2. The first-order valence-corrected chi connectivity index (χ1v) is 10.3. The Hall–Kier alpha value is -1.23. The second-order valence-electron chi connectivity index (χ2n) is 6.34. The third kappa shape index (κ3) is 5.41. The maximum absolute atomic E-state index is 12.4. The summed E-state index contributed by atoms with van der Waals surface area (Å²) in [5.74, 6) is 1.74. The van der Waals surface area contributed by atoms with E-state index in [1.165, 1.54) is 19.3 Å². The van der Waals surface area contributed by atoms with Gasteiger partial charge < -0.3 is 9.47 Å². The minimum atomic E-state index is -3.04. The van der Waals surface area contributed by atoms with Crippen LogP contribution in [0.1, 0.15) is 57.9 Å². The Labute approximate surface area is 140 Å². The number of benzene rings is 1. The standard InChI is InChI=1S/C18H28O4S/c1-3-4-5-6-7-8-11-23(19,20)15(2)12-16-9-10-17-18(13-16)22-14-21-17/h9-10,13,15H,3-8,11-12,14H2,1-2H3. The average molecular weight is 340 g/mol. The summed E-state index contributed by atoms with van der Waals surface area (Å²) < 4.78 is 35.4. The fourth-order valence-corrected chi connectivity index (χ4v) is 4.27. The van der Waals surface area contributed by atoms with Crippen LogP contribution in [0.2, 0.25) is 0 Å². The molecule has 2 rings (SSSR count). The van der Waals surface area contributed by atoms with Gasteiger partial charge in [-0.3, -0.25) is 0 Å². The van der Waals surface area contributed by atoms with Gasteiger partial charge in [0.05, 0.1) is 11.0 Å². The van der Waals surface area contributed by atoms with Crippen LogP contribution in [0.15, 0.2) is 18.2 Å². The van der Waals surface area contributed by atoms with Crippen molar-refractivity contribution >= 4 is 9.84 Å². The van der Waals surface area contributed by atoms with Crippen molar-refractivity contribution < 1.29 is 17.9 Å². The number of sulfone groups is 1. The summed E-state index contributed by atoms with van der Waals surface area (Å²) in [6.07, 6.45) is 7.11. The molecule has 23 heavy (non-hydrogen) atoms. The Bertz CT molecular complexity index is 595. The van der Waals surface area contributed by atoms with Crippen molar-refractivity contribution in [2.45, 2.75) is 64.0 Å². The van der Waals surface area contributed by atoms with Gasteiger partial charge in [-0.05, 0) is 37.5 Å². The van der Waals surface area contributed by atoms with Crippen molar-refractivity contribution in [3.8, 4) is 11.5 Å². The molecule has 1 unspecified atom stereocenters. The van der Waals surface area contributed by atoms with Gasteiger partial charge in [-0.15, -0.1) is 0 Å². The van der Waals surface area contributed by atoms with Crippen LogP contribution in [-0.2, 0) is 16.3 Å². The summed E-state index contributed by atoms with van der Waals surface area (Å²) in [5.41, 5.74) is 0.980. The zero-order valence-electron chi connectivity index (χ0n) is 14.2. The smallest absolute Gasteiger partial charge is 0.231 e. The van der Waals surface area contributed by atoms with E-state index in [2.05, 4.69) is 6.92 Å². The molecule has 0 aliphatic carbocycles. The Morgan fingerprint density at radius 2 is 1.74 bits per heavy atom. The Morgan fingerprint density at radius 1 is 1.04 bits per heavy atom. The van der Waals surface area contributed by atoms with Crippen molar-refractivity contribution in [1.29, 1.82) is 0 Å². The van der Waals surface area contributed by atoms with Gasteiger partial charge in [0.2, 0.25) is 6.79 Å². The molecule has 0 bridgehead atoms. The van der Waals surface area contributed by atoms with Crippen LogP contribution in [0.25, 0.3) is 0 Å². The van der Waals surface area contributed by atoms with Crippen molar-refractivity contribution in [3.05, 3.63) is 23.8 Å². The van der Waals surface area contributed by atoms with Crippen molar-refractivity contribution in [3.63, 3.8) is 0 Å². The highest BCUT2D eigenvalue weighted by molar-refractivity contribution is 7.92. The number of fused-ring (bicyclic) bond motifs is 1. The summed E-state index contributed by atoms with van der Waals surface area (Å²) >= 11 is 0. The normalized spacial score (nSPS) is 14.9. The van der Waals surface area contributed by atoms with E-state index in [4.69, 9.17) is 9.47 Å². The topological polar surface area (TPSA) is 52.6 Å². The van der Waals surface area contributed by atoms with Crippen LogP contribution in [0, 0.1) is 0 Å². The van der Waals surface area contributed by atoms with E-state index in [1.807, 2.05) is 18.2 Å². The molecule has 130 valence electrons. The lowest BCUT2D eigenvalue weighted by Gasteiger charge is -2.13. The molecule has 0 N–H and O–H groups in total. The maximum atomic E-state index is 12.4. The molecular formula is C18H28O4S. The van der Waals surface area contributed by atoms with Gasteiger partial charge in [-0.25, -0.2) is 8.42 Å². The first kappa shape index (κ1) is 18.1. The van der Waals surface area contributed by atoms with Crippen LogP contribution in [0.3, 0.4) is 0 Å². The third-order valence-corrected chi connectivity index (χ3v) is 6.61. The predicted octanol–water partition coefficient (Wildman–Crippen LogP) is 4.12. The summed E-state index contributed by atoms with van der Waals surface area (Å²) in [6, 6.07) is 5.66. The minimum Gasteiger partial charge on any atom is -0.454 e. The molecule has 0 aromatic heterocycles. The number of hydrogen-bond donors (Lipinski definition) is 0. The zero-order chi connectivity index (χ0) is 16.7.